The van der Waals surface area contributed by atoms with Crippen molar-refractivity contribution in [3.8, 4) is 6.01 Å². The van der Waals surface area contributed by atoms with Crippen LogP contribution in [0.2, 0.25) is 0 Å². The highest BCUT2D eigenvalue weighted by atomic mass is 16.6. The van der Waals surface area contributed by atoms with E-state index in [4.69, 9.17) is 9.25 Å². The third kappa shape index (κ3) is 5.26. The molecule has 2 aromatic heterocycles. The van der Waals surface area contributed by atoms with Gasteiger partial charge in [-0.1, -0.05) is 31.8 Å². The van der Waals surface area contributed by atoms with Crippen LogP contribution in [0.1, 0.15) is 70.8 Å². The standard InChI is InChI=1S/C23H30N4O5/c1-3-4-5-6-15-13-18(29)31-21-19(15)20(30)24-22(25-21)32-26-16-7-11-27(12-8-16)17(28)14-23(2)9-10-23/h13H,3-12,14H2,1-2H3,(H,24,25,30). The minimum absolute atomic E-state index is 0.0445. The van der Waals surface area contributed by atoms with Crippen molar-refractivity contribution in [2.75, 3.05) is 13.1 Å². The molecule has 1 saturated carbocycles. The molecule has 0 spiro atoms. The lowest BCUT2D eigenvalue weighted by molar-refractivity contribution is -0.132. The summed E-state index contributed by atoms with van der Waals surface area (Å²) in [5.41, 5.74) is 0.619. The molecule has 2 aliphatic rings. The van der Waals surface area contributed by atoms with Gasteiger partial charge in [0, 0.05) is 38.4 Å². The maximum absolute atomic E-state index is 12.6. The van der Waals surface area contributed by atoms with Crippen LogP contribution in [0.4, 0.5) is 0 Å². The molecule has 9 heteroatoms. The molecule has 4 rings (SSSR count). The zero-order valence-electron chi connectivity index (χ0n) is 18.7. The van der Waals surface area contributed by atoms with Crippen molar-refractivity contribution < 1.29 is 14.0 Å². The molecular weight excluding hydrogens is 412 g/mol. The monoisotopic (exact) mass is 442 g/mol. The fraction of sp³-hybridized carbons (Fsp3) is 0.609. The van der Waals surface area contributed by atoms with Crippen molar-refractivity contribution in [3.63, 3.8) is 0 Å². The number of rotatable bonds is 8. The summed E-state index contributed by atoms with van der Waals surface area (Å²) < 4.78 is 5.15. The second kappa shape index (κ2) is 9.26. The van der Waals surface area contributed by atoms with Crippen molar-refractivity contribution in [1.29, 1.82) is 0 Å². The topological polar surface area (TPSA) is 118 Å². The van der Waals surface area contributed by atoms with E-state index in [9.17, 15) is 14.4 Å². The number of fused-ring (bicyclic) bond motifs is 1. The fourth-order valence-electron chi connectivity index (χ4n) is 4.02. The Bertz CT molecular complexity index is 1140. The summed E-state index contributed by atoms with van der Waals surface area (Å²) in [6.45, 7) is 5.46. The molecule has 2 aromatic rings. The second-order valence-corrected chi connectivity index (χ2v) is 9.22. The molecule has 0 unspecified atom stereocenters. The molecule has 1 aliphatic heterocycles. The number of amides is 1. The van der Waals surface area contributed by atoms with E-state index in [1.54, 1.807) is 0 Å². The van der Waals surface area contributed by atoms with E-state index in [1.807, 2.05) is 4.90 Å². The molecule has 2 fully saturated rings. The summed E-state index contributed by atoms with van der Waals surface area (Å²) in [7, 11) is 0. The minimum atomic E-state index is -0.545. The van der Waals surface area contributed by atoms with Crippen molar-refractivity contribution in [3.05, 3.63) is 32.4 Å². The minimum Gasteiger partial charge on any atom is -0.403 e. The van der Waals surface area contributed by atoms with E-state index in [0.717, 1.165) is 37.8 Å². The molecule has 0 atom stereocenters. The van der Waals surface area contributed by atoms with E-state index < -0.39 is 11.2 Å². The molecule has 0 radical (unpaired) electrons. The van der Waals surface area contributed by atoms with Crippen LogP contribution in [0.25, 0.3) is 11.1 Å². The van der Waals surface area contributed by atoms with Gasteiger partial charge in [0.25, 0.3) is 5.56 Å². The van der Waals surface area contributed by atoms with Crippen molar-refractivity contribution >= 4 is 22.7 Å². The number of nitrogens with zero attached hydrogens (tertiary/aromatic N) is 3. The highest BCUT2D eigenvalue weighted by Crippen LogP contribution is 2.48. The van der Waals surface area contributed by atoms with Gasteiger partial charge in [-0.2, -0.15) is 4.98 Å². The van der Waals surface area contributed by atoms with Gasteiger partial charge in [0.2, 0.25) is 11.6 Å². The first-order valence-corrected chi connectivity index (χ1v) is 11.4. The highest BCUT2D eigenvalue weighted by Gasteiger charge is 2.40. The maximum atomic E-state index is 12.6. The first kappa shape index (κ1) is 22.2. The van der Waals surface area contributed by atoms with Crippen LogP contribution in [0.5, 0.6) is 6.01 Å². The maximum Gasteiger partial charge on any atom is 0.337 e. The van der Waals surface area contributed by atoms with E-state index >= 15 is 0 Å². The Labute approximate surface area is 185 Å². The zero-order valence-corrected chi connectivity index (χ0v) is 18.7. The lowest BCUT2D eigenvalue weighted by atomic mass is 10.0. The van der Waals surface area contributed by atoms with Crippen LogP contribution >= 0.6 is 0 Å². The van der Waals surface area contributed by atoms with Crippen molar-refractivity contribution in [2.24, 2.45) is 10.6 Å². The molecular formula is C23H30N4O5. The van der Waals surface area contributed by atoms with Crippen LogP contribution in [0.15, 0.2) is 25.2 Å². The number of aryl methyl sites for hydroxylation is 1. The molecule has 1 saturated heterocycles. The number of aromatic nitrogens is 2. The quantitative estimate of drug-likeness (QED) is 0.496. The van der Waals surface area contributed by atoms with Crippen molar-refractivity contribution in [2.45, 2.75) is 71.6 Å². The summed E-state index contributed by atoms with van der Waals surface area (Å²) in [5, 5.41) is 4.39. The van der Waals surface area contributed by atoms with E-state index in [0.29, 0.717) is 44.3 Å². The highest BCUT2D eigenvalue weighted by molar-refractivity contribution is 5.87. The van der Waals surface area contributed by atoms with Crippen molar-refractivity contribution in [1.82, 2.24) is 14.9 Å². The van der Waals surface area contributed by atoms with Gasteiger partial charge in [-0.05, 0) is 36.7 Å². The number of aromatic amines is 1. The molecule has 9 nitrogen and oxygen atoms in total. The number of nitrogens with one attached hydrogen (secondary N) is 1. The van der Waals surface area contributed by atoms with Gasteiger partial charge >= 0.3 is 11.6 Å². The average molecular weight is 443 g/mol. The van der Waals surface area contributed by atoms with Gasteiger partial charge in [-0.3, -0.25) is 14.6 Å². The Morgan fingerprint density at radius 1 is 1.28 bits per heavy atom. The largest absolute Gasteiger partial charge is 0.403 e. The Hall–Kier alpha value is -2.97. The first-order chi connectivity index (χ1) is 15.4. The lowest BCUT2D eigenvalue weighted by Gasteiger charge is -2.28. The molecule has 0 aromatic carbocycles. The number of carbonyl (C=O) groups excluding carboxylic acids is 1. The number of piperidine rings is 1. The van der Waals surface area contributed by atoms with Gasteiger partial charge in [0.1, 0.15) is 5.39 Å². The van der Waals surface area contributed by atoms with Crippen LogP contribution in [-0.2, 0) is 11.2 Å². The summed E-state index contributed by atoms with van der Waals surface area (Å²) in [6.07, 6.45) is 7.62. The predicted octanol–water partition coefficient (Wildman–Crippen LogP) is 3.16. The molecule has 1 N–H and O–H groups in total. The van der Waals surface area contributed by atoms with E-state index in [2.05, 4.69) is 29.0 Å². The van der Waals surface area contributed by atoms with Gasteiger partial charge in [-0.15, -0.1) is 0 Å². The number of hydrogen-bond donors (Lipinski definition) is 1. The molecule has 1 amide bonds. The number of H-pyrrole nitrogens is 1. The smallest absolute Gasteiger partial charge is 0.337 e. The molecule has 0 bridgehead atoms. The third-order valence-electron chi connectivity index (χ3n) is 6.36. The number of carbonyl (C=O) groups is 1. The Kier molecular flexibility index (Phi) is 6.43. The normalized spacial score (nSPS) is 17.4. The number of oxime groups is 1. The van der Waals surface area contributed by atoms with Gasteiger partial charge in [-0.25, -0.2) is 4.79 Å². The molecule has 3 heterocycles. The Morgan fingerprint density at radius 2 is 2.03 bits per heavy atom. The third-order valence-corrected chi connectivity index (χ3v) is 6.36. The zero-order chi connectivity index (χ0) is 22.7. The van der Waals surface area contributed by atoms with Gasteiger partial charge < -0.3 is 14.2 Å². The lowest BCUT2D eigenvalue weighted by Crippen LogP contribution is -2.39. The van der Waals surface area contributed by atoms with Crippen LogP contribution in [0, 0.1) is 5.41 Å². The second-order valence-electron chi connectivity index (χ2n) is 9.22. The summed E-state index contributed by atoms with van der Waals surface area (Å²) in [5.74, 6) is 0.204. The van der Waals surface area contributed by atoms with Crippen LogP contribution < -0.4 is 16.0 Å². The van der Waals surface area contributed by atoms with Crippen LogP contribution in [-0.4, -0.2) is 39.6 Å². The summed E-state index contributed by atoms with van der Waals surface area (Å²) >= 11 is 0. The Balaban J connectivity index is 1.42. The van der Waals surface area contributed by atoms with E-state index in [1.165, 1.54) is 6.07 Å². The average Bonchev–Trinajstić information content (AvgIpc) is 3.48. The van der Waals surface area contributed by atoms with Crippen LogP contribution in [0.3, 0.4) is 0 Å². The summed E-state index contributed by atoms with van der Waals surface area (Å²) in [6, 6.07) is 1.23. The predicted molar refractivity (Wildman–Crippen MR) is 120 cm³/mol. The number of unbranched alkanes of at least 4 members (excludes halogenated alkanes) is 2. The summed E-state index contributed by atoms with van der Waals surface area (Å²) in [4.78, 5) is 50.9. The van der Waals surface area contributed by atoms with Gasteiger partial charge in [0.15, 0.2) is 0 Å². The Morgan fingerprint density at radius 3 is 2.72 bits per heavy atom. The molecule has 172 valence electrons. The van der Waals surface area contributed by atoms with E-state index in [-0.39, 0.29) is 28.4 Å². The molecule has 1 aliphatic carbocycles. The first-order valence-electron chi connectivity index (χ1n) is 11.4. The van der Waals surface area contributed by atoms with Gasteiger partial charge in [0.05, 0.1) is 5.71 Å². The molecule has 32 heavy (non-hydrogen) atoms. The number of hydrogen-bond acceptors (Lipinski definition) is 7. The fourth-order valence-corrected chi connectivity index (χ4v) is 4.02. The number of likely N-dealkylation sites (tertiary alicyclic amines) is 1. The SMILES string of the molecule is CCCCCc1cc(=O)oc2nc(ON=C3CCN(C(=O)CC4(C)CC4)CC3)[nH]c(=O)c12.